The van der Waals surface area contributed by atoms with Crippen LogP contribution in [0.5, 0.6) is 0 Å². The molecule has 2 aromatic heterocycles. The number of halogens is 1. The molecule has 4 rings (SSSR count). The van der Waals surface area contributed by atoms with E-state index in [0.717, 1.165) is 42.4 Å². The third-order valence-corrected chi connectivity index (χ3v) is 6.75. The van der Waals surface area contributed by atoms with Gasteiger partial charge in [-0.1, -0.05) is 11.5 Å². The van der Waals surface area contributed by atoms with Crippen molar-refractivity contribution in [2.75, 3.05) is 31.0 Å². The Morgan fingerprint density at radius 1 is 1.02 bits per heavy atom. The Balaban J connectivity index is 1.52. The minimum atomic E-state index is -0.338. The molecule has 0 atom stereocenters. The van der Waals surface area contributed by atoms with E-state index in [1.165, 1.54) is 18.2 Å². The number of ketones is 1. The van der Waals surface area contributed by atoms with Crippen molar-refractivity contribution >= 4 is 29.0 Å². The molecule has 218 valence electrons. The Hall–Kier alpha value is -4.39. The fourth-order valence-corrected chi connectivity index (χ4v) is 4.67. The first kappa shape index (κ1) is 30.6. The standard InChI is InChI=1S/C33H35FN4O4/c1-22(2)17-29(39)21-42-16-4-5-28-18-25(20-32(37-28)36-27-10-8-26(34)9-11-27)24-14-15-35-31(19-24)38-33(40)23-6-12-30(41-3)13-7-23/h8-11,14-15,17-20,23,30H,6-7,12-13,16,21H2,1-3H3,(H,36,37)(H,35,38,40). The lowest BCUT2D eigenvalue weighted by molar-refractivity contribution is -0.121. The van der Waals surface area contributed by atoms with Gasteiger partial charge in [-0.15, -0.1) is 0 Å². The van der Waals surface area contributed by atoms with Crippen LogP contribution in [0.3, 0.4) is 0 Å². The topological polar surface area (TPSA) is 102 Å². The minimum Gasteiger partial charge on any atom is -0.381 e. The average Bonchev–Trinajstić information content (AvgIpc) is 2.98. The molecule has 1 aliphatic carbocycles. The highest BCUT2D eigenvalue weighted by Gasteiger charge is 2.26. The van der Waals surface area contributed by atoms with Crippen molar-refractivity contribution in [3.05, 3.63) is 77.9 Å². The normalized spacial score (nSPS) is 16.1. The predicted molar refractivity (Wildman–Crippen MR) is 161 cm³/mol. The number of rotatable bonds is 10. The Labute approximate surface area is 245 Å². The van der Waals surface area contributed by atoms with Gasteiger partial charge in [0.1, 0.15) is 36.4 Å². The molecule has 9 heteroatoms. The number of hydrogen-bond donors (Lipinski definition) is 2. The van der Waals surface area contributed by atoms with Crippen LogP contribution in [0.4, 0.5) is 21.7 Å². The number of nitrogens with zero attached hydrogens (tertiary/aromatic N) is 2. The van der Waals surface area contributed by atoms with Crippen LogP contribution in [0.1, 0.15) is 45.2 Å². The highest BCUT2D eigenvalue weighted by atomic mass is 19.1. The molecule has 42 heavy (non-hydrogen) atoms. The van der Waals surface area contributed by atoms with Gasteiger partial charge in [0, 0.05) is 24.9 Å². The molecule has 3 aromatic rings. The first-order chi connectivity index (χ1) is 20.3. The number of carbonyl (C=O) groups excluding carboxylic acids is 2. The highest BCUT2D eigenvalue weighted by molar-refractivity contribution is 5.92. The van der Waals surface area contributed by atoms with Crippen LogP contribution in [0.2, 0.25) is 0 Å². The van der Waals surface area contributed by atoms with Crippen LogP contribution in [0.25, 0.3) is 11.1 Å². The number of methoxy groups -OCH3 is 1. The van der Waals surface area contributed by atoms with Gasteiger partial charge in [0.05, 0.1) is 6.10 Å². The van der Waals surface area contributed by atoms with Gasteiger partial charge in [-0.2, -0.15) is 0 Å². The predicted octanol–water partition coefficient (Wildman–Crippen LogP) is 6.07. The Bertz CT molecular complexity index is 1480. The lowest BCUT2D eigenvalue weighted by Crippen LogP contribution is -2.29. The lowest BCUT2D eigenvalue weighted by atomic mass is 9.87. The summed E-state index contributed by atoms with van der Waals surface area (Å²) in [7, 11) is 1.71. The van der Waals surface area contributed by atoms with E-state index in [1.807, 2.05) is 38.1 Å². The van der Waals surface area contributed by atoms with Crippen molar-refractivity contribution in [2.24, 2.45) is 5.92 Å². The molecule has 2 heterocycles. The van der Waals surface area contributed by atoms with Gasteiger partial charge in [-0.25, -0.2) is 14.4 Å². The van der Waals surface area contributed by atoms with Crippen molar-refractivity contribution in [1.29, 1.82) is 0 Å². The largest absolute Gasteiger partial charge is 0.381 e. The summed E-state index contributed by atoms with van der Waals surface area (Å²) in [5.74, 6) is 6.28. The number of allylic oxidation sites excluding steroid dienone is 1. The molecule has 1 saturated carbocycles. The third kappa shape index (κ3) is 9.33. The van der Waals surface area contributed by atoms with Crippen molar-refractivity contribution < 1.29 is 23.5 Å². The molecule has 0 radical (unpaired) electrons. The van der Waals surface area contributed by atoms with Crippen LogP contribution < -0.4 is 10.6 Å². The number of nitrogens with one attached hydrogen (secondary N) is 2. The summed E-state index contributed by atoms with van der Waals surface area (Å²) in [6, 6.07) is 13.3. The van der Waals surface area contributed by atoms with Gasteiger partial charge in [0.25, 0.3) is 0 Å². The molecular formula is C33H35FN4O4. The van der Waals surface area contributed by atoms with E-state index in [0.29, 0.717) is 23.0 Å². The van der Waals surface area contributed by atoms with Crippen molar-refractivity contribution in [3.63, 3.8) is 0 Å². The molecule has 0 spiro atoms. The summed E-state index contributed by atoms with van der Waals surface area (Å²) >= 11 is 0. The second kappa shape index (κ2) is 15.0. The number of aromatic nitrogens is 2. The quantitative estimate of drug-likeness (QED) is 0.173. The van der Waals surface area contributed by atoms with Crippen LogP contribution in [0.15, 0.2) is 66.4 Å². The molecule has 0 saturated heterocycles. The molecule has 0 aliphatic heterocycles. The zero-order valence-electron chi connectivity index (χ0n) is 24.1. The van der Waals surface area contributed by atoms with Crippen molar-refractivity contribution in [1.82, 2.24) is 9.97 Å². The molecule has 0 unspecified atom stereocenters. The SMILES string of the molecule is COC1CCC(C(=O)Nc2cc(-c3cc(C#CCOCC(=O)C=C(C)C)nc(Nc4ccc(F)cc4)c3)ccn2)CC1. The number of benzene rings is 1. The fourth-order valence-electron chi connectivity index (χ4n) is 4.67. The van der Waals surface area contributed by atoms with Crippen molar-refractivity contribution in [3.8, 4) is 23.0 Å². The average molecular weight is 571 g/mol. The fraction of sp³-hybridized carbons (Fsp3) is 0.333. The van der Waals surface area contributed by atoms with Gasteiger partial charge in [-0.3, -0.25) is 9.59 Å². The van der Waals surface area contributed by atoms with Crippen LogP contribution in [-0.4, -0.2) is 48.1 Å². The van der Waals surface area contributed by atoms with E-state index in [-0.39, 0.29) is 42.7 Å². The van der Waals surface area contributed by atoms with E-state index in [4.69, 9.17) is 9.47 Å². The number of pyridine rings is 2. The van der Waals surface area contributed by atoms with Crippen LogP contribution in [0, 0.1) is 23.6 Å². The molecule has 1 aliphatic rings. The summed E-state index contributed by atoms with van der Waals surface area (Å²) in [6.07, 6.45) is 6.68. The lowest BCUT2D eigenvalue weighted by Gasteiger charge is -2.26. The summed E-state index contributed by atoms with van der Waals surface area (Å²) in [4.78, 5) is 33.7. The summed E-state index contributed by atoms with van der Waals surface area (Å²) in [5, 5.41) is 6.16. The Morgan fingerprint density at radius 2 is 1.76 bits per heavy atom. The smallest absolute Gasteiger partial charge is 0.228 e. The van der Waals surface area contributed by atoms with E-state index in [9.17, 15) is 14.0 Å². The molecule has 1 fully saturated rings. The monoisotopic (exact) mass is 570 g/mol. The molecule has 1 amide bonds. The molecule has 2 N–H and O–H groups in total. The van der Waals surface area contributed by atoms with Crippen LogP contribution in [-0.2, 0) is 19.1 Å². The maximum Gasteiger partial charge on any atom is 0.228 e. The molecule has 1 aromatic carbocycles. The number of ether oxygens (including phenoxy) is 2. The highest BCUT2D eigenvalue weighted by Crippen LogP contribution is 2.29. The van der Waals surface area contributed by atoms with Gasteiger partial charge in [0.2, 0.25) is 5.91 Å². The number of amides is 1. The zero-order chi connectivity index (χ0) is 29.9. The Morgan fingerprint density at radius 3 is 2.48 bits per heavy atom. The third-order valence-electron chi connectivity index (χ3n) is 6.75. The summed E-state index contributed by atoms with van der Waals surface area (Å²) in [6.45, 7) is 3.71. The summed E-state index contributed by atoms with van der Waals surface area (Å²) in [5.41, 5.74) is 3.63. The molecule has 0 bridgehead atoms. The zero-order valence-corrected chi connectivity index (χ0v) is 24.1. The second-order valence-electron chi connectivity index (χ2n) is 10.4. The molecular weight excluding hydrogens is 535 g/mol. The van der Waals surface area contributed by atoms with E-state index in [1.54, 1.807) is 25.4 Å². The molecule has 8 nitrogen and oxygen atoms in total. The first-order valence-corrected chi connectivity index (χ1v) is 13.9. The van der Waals surface area contributed by atoms with E-state index < -0.39 is 0 Å². The van der Waals surface area contributed by atoms with Crippen molar-refractivity contribution in [2.45, 2.75) is 45.6 Å². The van der Waals surface area contributed by atoms with Gasteiger partial charge in [0.15, 0.2) is 5.78 Å². The van der Waals surface area contributed by atoms with Gasteiger partial charge < -0.3 is 20.1 Å². The van der Waals surface area contributed by atoms with E-state index in [2.05, 4.69) is 32.4 Å². The van der Waals surface area contributed by atoms with Gasteiger partial charge in [-0.05, 0) is 111 Å². The summed E-state index contributed by atoms with van der Waals surface area (Å²) < 4.78 is 24.2. The minimum absolute atomic E-state index is 0.0442. The maximum atomic E-state index is 13.4. The van der Waals surface area contributed by atoms with E-state index >= 15 is 0 Å². The Kier molecular flexibility index (Phi) is 10.9. The number of anilines is 3. The van der Waals surface area contributed by atoms with Gasteiger partial charge >= 0.3 is 0 Å². The second-order valence-corrected chi connectivity index (χ2v) is 10.4. The number of carbonyl (C=O) groups is 2. The maximum absolute atomic E-state index is 13.4. The van der Waals surface area contributed by atoms with Crippen LogP contribution >= 0.6 is 0 Å². The first-order valence-electron chi connectivity index (χ1n) is 13.9. The number of hydrogen-bond acceptors (Lipinski definition) is 7.